The molecule has 2 aromatic rings. The van der Waals surface area contributed by atoms with Gasteiger partial charge in [0.2, 0.25) is 17.7 Å². The van der Waals surface area contributed by atoms with Crippen molar-refractivity contribution in [2.75, 3.05) is 12.3 Å². The largest absolute Gasteiger partial charge is 0.457 e. The van der Waals surface area contributed by atoms with Crippen molar-refractivity contribution in [3.05, 3.63) is 54.6 Å². The lowest BCUT2D eigenvalue weighted by molar-refractivity contribution is -0.128. The first kappa shape index (κ1) is 20.3. The minimum Gasteiger partial charge on any atom is -0.457 e. The van der Waals surface area contributed by atoms with Crippen LogP contribution in [0.1, 0.15) is 6.92 Å². The standard InChI is InChI=1S/C19H21N3O4S/c1-13(23)22-17(19(25)21-11-18(20)24)12-27-16-9-7-15(8-10-16)26-14-5-3-2-4-6-14/h2-10,17H,11-12H2,1H3,(H2,20,24)(H,21,25)(H,22,23). The molecule has 2 rings (SSSR count). The molecule has 0 fully saturated rings. The number of para-hydroxylation sites is 1. The molecule has 7 nitrogen and oxygen atoms in total. The van der Waals surface area contributed by atoms with Crippen LogP contribution in [0.3, 0.4) is 0 Å². The molecule has 2 aromatic carbocycles. The first-order chi connectivity index (χ1) is 12.9. The first-order valence-corrected chi connectivity index (χ1v) is 9.21. The fourth-order valence-corrected chi connectivity index (χ4v) is 3.06. The zero-order valence-electron chi connectivity index (χ0n) is 14.8. The summed E-state index contributed by atoms with van der Waals surface area (Å²) in [7, 11) is 0. The van der Waals surface area contributed by atoms with Gasteiger partial charge >= 0.3 is 0 Å². The van der Waals surface area contributed by atoms with Gasteiger partial charge in [0.1, 0.15) is 17.5 Å². The Labute approximate surface area is 161 Å². The third kappa shape index (κ3) is 7.41. The number of amides is 3. The summed E-state index contributed by atoms with van der Waals surface area (Å²) in [6.45, 7) is 1.06. The van der Waals surface area contributed by atoms with Gasteiger partial charge in [-0.3, -0.25) is 14.4 Å². The van der Waals surface area contributed by atoms with Crippen LogP contribution in [-0.2, 0) is 14.4 Å². The number of carbonyl (C=O) groups excluding carboxylic acids is 3. The van der Waals surface area contributed by atoms with Gasteiger partial charge in [-0.25, -0.2) is 0 Å². The highest BCUT2D eigenvalue weighted by atomic mass is 32.2. The quantitative estimate of drug-likeness (QED) is 0.567. The second kappa shape index (κ2) is 10.2. The van der Waals surface area contributed by atoms with E-state index in [4.69, 9.17) is 10.5 Å². The number of thioether (sulfide) groups is 1. The highest BCUT2D eigenvalue weighted by Gasteiger charge is 2.20. The van der Waals surface area contributed by atoms with E-state index in [-0.39, 0.29) is 12.5 Å². The van der Waals surface area contributed by atoms with E-state index in [1.807, 2.05) is 54.6 Å². The van der Waals surface area contributed by atoms with Gasteiger partial charge in [0, 0.05) is 17.6 Å². The lowest BCUT2D eigenvalue weighted by Gasteiger charge is -2.17. The predicted octanol–water partition coefficient (Wildman–Crippen LogP) is 1.68. The normalized spacial score (nSPS) is 11.3. The molecule has 8 heteroatoms. The maximum atomic E-state index is 12.1. The van der Waals surface area contributed by atoms with Crippen molar-refractivity contribution in [1.82, 2.24) is 10.6 Å². The van der Waals surface area contributed by atoms with Crippen LogP contribution < -0.4 is 21.1 Å². The van der Waals surface area contributed by atoms with Crippen LogP contribution in [0.2, 0.25) is 0 Å². The van der Waals surface area contributed by atoms with Crippen LogP contribution in [0.25, 0.3) is 0 Å². The van der Waals surface area contributed by atoms with Crippen molar-refractivity contribution in [2.45, 2.75) is 17.9 Å². The molecule has 27 heavy (non-hydrogen) atoms. The smallest absolute Gasteiger partial charge is 0.243 e. The van der Waals surface area contributed by atoms with Crippen LogP contribution in [0, 0.1) is 0 Å². The summed E-state index contributed by atoms with van der Waals surface area (Å²) < 4.78 is 5.73. The van der Waals surface area contributed by atoms with E-state index in [1.165, 1.54) is 18.7 Å². The van der Waals surface area contributed by atoms with E-state index in [9.17, 15) is 14.4 Å². The fraction of sp³-hybridized carbons (Fsp3) is 0.211. The van der Waals surface area contributed by atoms with Gasteiger partial charge in [0.25, 0.3) is 0 Å². The summed E-state index contributed by atoms with van der Waals surface area (Å²) in [5.41, 5.74) is 5.02. The van der Waals surface area contributed by atoms with E-state index in [1.54, 1.807) is 0 Å². The molecule has 4 N–H and O–H groups in total. The summed E-state index contributed by atoms with van der Waals surface area (Å²) in [4.78, 5) is 35.1. The monoisotopic (exact) mass is 387 g/mol. The minimum absolute atomic E-state index is 0.273. The van der Waals surface area contributed by atoms with Crippen LogP contribution >= 0.6 is 11.8 Å². The molecule has 0 saturated heterocycles. The summed E-state index contributed by atoms with van der Waals surface area (Å²) in [6.07, 6.45) is 0. The highest BCUT2D eigenvalue weighted by molar-refractivity contribution is 7.99. The highest BCUT2D eigenvalue weighted by Crippen LogP contribution is 2.25. The third-order valence-electron chi connectivity index (χ3n) is 3.35. The lowest BCUT2D eigenvalue weighted by Crippen LogP contribution is -2.49. The van der Waals surface area contributed by atoms with Gasteiger partial charge in [0.15, 0.2) is 0 Å². The lowest BCUT2D eigenvalue weighted by atomic mass is 10.3. The molecule has 3 amide bonds. The number of rotatable bonds is 9. The fourth-order valence-electron chi connectivity index (χ4n) is 2.13. The maximum absolute atomic E-state index is 12.1. The average Bonchev–Trinajstić information content (AvgIpc) is 2.65. The number of primary amides is 1. The number of nitrogens with two attached hydrogens (primary N) is 1. The van der Waals surface area contributed by atoms with Crippen LogP contribution in [0.15, 0.2) is 59.5 Å². The van der Waals surface area contributed by atoms with Gasteiger partial charge < -0.3 is 21.1 Å². The Bertz CT molecular complexity index is 781. The molecule has 0 aliphatic rings. The van der Waals surface area contributed by atoms with Gasteiger partial charge in [-0.1, -0.05) is 18.2 Å². The number of ether oxygens (including phenoxy) is 1. The molecule has 0 saturated carbocycles. The van der Waals surface area contributed by atoms with Crippen LogP contribution in [0.5, 0.6) is 11.5 Å². The second-order valence-electron chi connectivity index (χ2n) is 5.63. The van der Waals surface area contributed by atoms with E-state index in [0.29, 0.717) is 11.5 Å². The van der Waals surface area contributed by atoms with Crippen molar-refractivity contribution in [3.8, 4) is 11.5 Å². The van der Waals surface area contributed by atoms with Crippen molar-refractivity contribution < 1.29 is 19.1 Å². The Morgan fingerprint density at radius 3 is 2.26 bits per heavy atom. The van der Waals surface area contributed by atoms with Crippen LogP contribution in [-0.4, -0.2) is 36.1 Å². The summed E-state index contributed by atoms with van der Waals surface area (Å²) >= 11 is 1.40. The molecule has 0 aliphatic heterocycles. The Hall–Kier alpha value is -3.00. The Morgan fingerprint density at radius 2 is 1.67 bits per heavy atom. The number of hydrogen-bond donors (Lipinski definition) is 3. The van der Waals surface area contributed by atoms with E-state index >= 15 is 0 Å². The summed E-state index contributed by atoms with van der Waals surface area (Å²) in [5.74, 6) is 0.315. The molecule has 0 bridgehead atoms. The number of benzene rings is 2. The molecule has 1 atom stereocenters. The predicted molar refractivity (Wildman–Crippen MR) is 103 cm³/mol. The molecule has 1 unspecified atom stereocenters. The molecular formula is C19H21N3O4S. The summed E-state index contributed by atoms with van der Waals surface area (Å²) in [6, 6.07) is 16.1. The first-order valence-electron chi connectivity index (χ1n) is 8.23. The average molecular weight is 387 g/mol. The Kier molecular flexibility index (Phi) is 7.69. The molecule has 0 radical (unpaired) electrons. The SMILES string of the molecule is CC(=O)NC(CSc1ccc(Oc2ccccc2)cc1)C(=O)NCC(N)=O. The van der Waals surface area contributed by atoms with Crippen molar-refractivity contribution >= 4 is 29.5 Å². The minimum atomic E-state index is -0.771. The maximum Gasteiger partial charge on any atom is 0.243 e. The summed E-state index contributed by atoms with van der Waals surface area (Å²) in [5, 5.41) is 4.97. The van der Waals surface area contributed by atoms with E-state index in [0.717, 1.165) is 10.6 Å². The number of carbonyl (C=O) groups is 3. The van der Waals surface area contributed by atoms with Gasteiger partial charge in [-0.15, -0.1) is 11.8 Å². The zero-order valence-corrected chi connectivity index (χ0v) is 15.6. The van der Waals surface area contributed by atoms with Crippen molar-refractivity contribution in [1.29, 1.82) is 0 Å². The molecule has 0 heterocycles. The molecule has 0 aliphatic carbocycles. The molecular weight excluding hydrogens is 366 g/mol. The molecule has 0 spiro atoms. The van der Waals surface area contributed by atoms with Gasteiger partial charge in [-0.2, -0.15) is 0 Å². The van der Waals surface area contributed by atoms with Crippen LogP contribution in [0.4, 0.5) is 0 Å². The number of hydrogen-bond acceptors (Lipinski definition) is 5. The Balaban J connectivity index is 1.92. The Morgan fingerprint density at radius 1 is 1.04 bits per heavy atom. The molecule has 0 aromatic heterocycles. The van der Waals surface area contributed by atoms with Gasteiger partial charge in [0.05, 0.1) is 6.54 Å². The van der Waals surface area contributed by atoms with Crippen molar-refractivity contribution in [2.24, 2.45) is 5.73 Å². The van der Waals surface area contributed by atoms with Gasteiger partial charge in [-0.05, 0) is 36.4 Å². The zero-order chi connectivity index (χ0) is 19.6. The third-order valence-corrected chi connectivity index (χ3v) is 4.46. The van der Waals surface area contributed by atoms with E-state index in [2.05, 4.69) is 10.6 Å². The molecule has 142 valence electrons. The van der Waals surface area contributed by atoms with Crippen molar-refractivity contribution in [3.63, 3.8) is 0 Å². The van der Waals surface area contributed by atoms with E-state index < -0.39 is 17.9 Å². The number of nitrogens with one attached hydrogen (secondary N) is 2. The topological polar surface area (TPSA) is 111 Å². The second-order valence-corrected chi connectivity index (χ2v) is 6.73.